The average Bonchev–Trinajstić information content (AvgIpc) is 2.97. The summed E-state index contributed by atoms with van der Waals surface area (Å²) in [6.45, 7) is -6.39. The molecule has 0 saturated heterocycles. The van der Waals surface area contributed by atoms with E-state index in [2.05, 4.69) is 30.1 Å². The number of halogens is 5. The van der Waals surface area contributed by atoms with Gasteiger partial charge in [-0.05, 0) is 65.6 Å². The Morgan fingerprint density at radius 2 is 1.52 bits per heavy atom. The maximum Gasteiger partial charge on any atom is 0.387 e. The number of pyridine rings is 1. The number of hydrogen-bond donors (Lipinski definition) is 2. The van der Waals surface area contributed by atoms with Crippen molar-refractivity contribution in [3.05, 3.63) is 119 Å². The SMILES string of the molecule is N#CN=C(NCc1ccccc1F)Nc1ccc(C(Cc2ccncc2)c2ccc(OC(F)F)c(OC(F)F)c2)cc1. The molecule has 0 bridgehead atoms. The highest BCUT2D eigenvalue weighted by atomic mass is 19.3. The molecule has 42 heavy (non-hydrogen) atoms. The molecule has 7 nitrogen and oxygen atoms in total. The Labute approximate surface area is 238 Å². The van der Waals surface area contributed by atoms with E-state index in [-0.39, 0.29) is 12.5 Å². The van der Waals surface area contributed by atoms with Gasteiger partial charge < -0.3 is 20.1 Å². The van der Waals surface area contributed by atoms with Crippen molar-refractivity contribution in [2.45, 2.75) is 32.1 Å². The van der Waals surface area contributed by atoms with Crippen LogP contribution in [0.15, 0.2) is 96.2 Å². The molecule has 1 aromatic heterocycles. The standard InChI is InChI=1S/C30H24F5N5O2/c31-25-4-2-1-3-22(25)17-38-30(39-18-36)40-23-8-5-20(6-9-23)24(15-19-11-13-37-14-12-19)21-7-10-26(41-28(32)33)27(16-21)42-29(34)35/h1-14,16,24,28-29H,15,17H2,(H2,38,39,40). The highest BCUT2D eigenvalue weighted by molar-refractivity contribution is 5.94. The van der Waals surface area contributed by atoms with E-state index < -0.39 is 36.5 Å². The molecule has 4 aromatic rings. The third kappa shape index (κ3) is 8.41. The Hall–Kier alpha value is -5.18. The average molecular weight is 582 g/mol. The largest absolute Gasteiger partial charge is 0.431 e. The van der Waals surface area contributed by atoms with E-state index in [1.54, 1.807) is 73.2 Å². The van der Waals surface area contributed by atoms with Crippen molar-refractivity contribution in [3.8, 4) is 17.7 Å². The Kier molecular flexibility index (Phi) is 10.3. The number of nitriles is 1. The summed E-state index contributed by atoms with van der Waals surface area (Å²) in [6.07, 6.45) is 5.35. The molecule has 0 spiro atoms. The second kappa shape index (κ2) is 14.5. The number of benzene rings is 3. The first-order chi connectivity index (χ1) is 20.3. The molecular weight excluding hydrogens is 557 g/mol. The molecular formula is C30H24F5N5O2. The summed E-state index contributed by atoms with van der Waals surface area (Å²) in [5.74, 6) is -1.73. The number of guanidine groups is 1. The lowest BCUT2D eigenvalue weighted by molar-refractivity contribution is -0.0692. The van der Waals surface area contributed by atoms with E-state index in [0.717, 1.165) is 11.1 Å². The molecule has 3 aromatic carbocycles. The molecule has 4 rings (SSSR count). The van der Waals surface area contributed by atoms with Crippen molar-refractivity contribution in [2.24, 2.45) is 4.99 Å². The van der Waals surface area contributed by atoms with Crippen molar-refractivity contribution >= 4 is 11.6 Å². The van der Waals surface area contributed by atoms with Gasteiger partial charge in [-0.15, -0.1) is 4.99 Å². The number of nitrogens with one attached hydrogen (secondary N) is 2. The number of rotatable bonds is 11. The van der Waals surface area contributed by atoms with Crippen molar-refractivity contribution < 1.29 is 31.4 Å². The summed E-state index contributed by atoms with van der Waals surface area (Å²) >= 11 is 0. The Morgan fingerprint density at radius 1 is 0.857 bits per heavy atom. The summed E-state index contributed by atoms with van der Waals surface area (Å²) in [5.41, 5.74) is 3.12. The van der Waals surface area contributed by atoms with Gasteiger partial charge in [0.1, 0.15) is 5.82 Å². The second-order valence-electron chi connectivity index (χ2n) is 8.83. The van der Waals surface area contributed by atoms with Crippen LogP contribution in [0.1, 0.15) is 28.2 Å². The van der Waals surface area contributed by atoms with E-state index in [1.807, 2.05) is 0 Å². The summed E-state index contributed by atoms with van der Waals surface area (Å²) in [5, 5.41) is 15.0. The lowest BCUT2D eigenvalue weighted by Gasteiger charge is -2.21. The van der Waals surface area contributed by atoms with Crippen LogP contribution in [0.2, 0.25) is 0 Å². The number of aliphatic imine (C=N–C) groups is 1. The number of hydrogen-bond acceptors (Lipinski definition) is 5. The normalized spacial score (nSPS) is 12.1. The zero-order chi connectivity index (χ0) is 29.9. The molecule has 0 radical (unpaired) electrons. The number of nitrogens with zero attached hydrogens (tertiary/aromatic N) is 3. The van der Waals surface area contributed by atoms with E-state index in [1.165, 1.54) is 24.3 Å². The van der Waals surface area contributed by atoms with E-state index >= 15 is 0 Å². The molecule has 0 fully saturated rings. The fraction of sp³-hybridized carbons (Fsp3) is 0.167. The summed E-state index contributed by atoms with van der Waals surface area (Å²) in [6, 6.07) is 20.8. The lowest BCUT2D eigenvalue weighted by Crippen LogP contribution is -2.30. The van der Waals surface area contributed by atoms with Crippen LogP contribution in [-0.4, -0.2) is 24.2 Å². The summed E-state index contributed by atoms with van der Waals surface area (Å²) < 4.78 is 74.7. The van der Waals surface area contributed by atoms with Crippen LogP contribution in [0.4, 0.5) is 27.6 Å². The number of aromatic nitrogens is 1. The predicted octanol–water partition coefficient (Wildman–Crippen LogP) is 6.84. The van der Waals surface area contributed by atoms with Gasteiger partial charge in [-0.1, -0.05) is 36.4 Å². The zero-order valence-corrected chi connectivity index (χ0v) is 21.9. The molecule has 0 saturated carbocycles. The highest BCUT2D eigenvalue weighted by Crippen LogP contribution is 2.37. The summed E-state index contributed by atoms with van der Waals surface area (Å²) in [4.78, 5) is 7.74. The molecule has 1 unspecified atom stereocenters. The summed E-state index contributed by atoms with van der Waals surface area (Å²) in [7, 11) is 0. The van der Waals surface area contributed by atoms with Gasteiger partial charge in [-0.2, -0.15) is 22.8 Å². The smallest absolute Gasteiger partial charge is 0.387 e. The number of ether oxygens (including phenoxy) is 2. The molecule has 2 N–H and O–H groups in total. The molecule has 0 aliphatic carbocycles. The predicted molar refractivity (Wildman–Crippen MR) is 146 cm³/mol. The van der Waals surface area contributed by atoms with Gasteiger partial charge in [-0.3, -0.25) is 4.98 Å². The minimum Gasteiger partial charge on any atom is -0.431 e. The zero-order valence-electron chi connectivity index (χ0n) is 21.9. The van der Waals surface area contributed by atoms with Gasteiger partial charge in [0.15, 0.2) is 11.5 Å². The Balaban J connectivity index is 1.60. The number of anilines is 1. The van der Waals surface area contributed by atoms with Crippen molar-refractivity contribution in [1.82, 2.24) is 10.3 Å². The quantitative estimate of drug-likeness (QED) is 0.0873. The molecule has 0 aliphatic heterocycles. The monoisotopic (exact) mass is 581 g/mol. The van der Waals surface area contributed by atoms with Gasteiger partial charge in [0.25, 0.3) is 0 Å². The molecule has 1 atom stereocenters. The minimum absolute atomic E-state index is 0.0839. The van der Waals surface area contributed by atoms with Crippen LogP contribution in [0.25, 0.3) is 0 Å². The van der Waals surface area contributed by atoms with Crippen molar-refractivity contribution in [2.75, 3.05) is 5.32 Å². The molecule has 0 aliphatic rings. The van der Waals surface area contributed by atoms with Crippen molar-refractivity contribution in [3.63, 3.8) is 0 Å². The minimum atomic E-state index is -3.25. The van der Waals surface area contributed by atoms with E-state index in [9.17, 15) is 22.0 Å². The highest BCUT2D eigenvalue weighted by Gasteiger charge is 2.21. The molecule has 216 valence electrons. The Morgan fingerprint density at radius 3 is 2.19 bits per heavy atom. The fourth-order valence-electron chi connectivity index (χ4n) is 4.22. The second-order valence-corrected chi connectivity index (χ2v) is 8.83. The first-order valence-electron chi connectivity index (χ1n) is 12.6. The van der Waals surface area contributed by atoms with E-state index in [4.69, 9.17) is 5.26 Å². The van der Waals surface area contributed by atoms with Crippen LogP contribution in [0.5, 0.6) is 11.5 Å². The first kappa shape index (κ1) is 29.8. The third-order valence-electron chi connectivity index (χ3n) is 6.13. The number of alkyl halides is 4. The van der Waals surface area contributed by atoms with Gasteiger partial charge in [0.2, 0.25) is 12.2 Å². The maximum atomic E-state index is 14.0. The van der Waals surface area contributed by atoms with Gasteiger partial charge in [0.05, 0.1) is 0 Å². The molecule has 12 heteroatoms. The first-order valence-corrected chi connectivity index (χ1v) is 12.6. The van der Waals surface area contributed by atoms with Gasteiger partial charge >= 0.3 is 13.2 Å². The Bertz CT molecular complexity index is 1530. The van der Waals surface area contributed by atoms with Crippen LogP contribution in [-0.2, 0) is 13.0 Å². The van der Waals surface area contributed by atoms with Crippen LogP contribution in [0, 0.1) is 17.3 Å². The lowest BCUT2D eigenvalue weighted by atomic mass is 9.86. The van der Waals surface area contributed by atoms with E-state index in [0.29, 0.717) is 23.2 Å². The van der Waals surface area contributed by atoms with Crippen LogP contribution < -0.4 is 20.1 Å². The van der Waals surface area contributed by atoms with Crippen LogP contribution in [0.3, 0.4) is 0 Å². The molecule has 1 heterocycles. The van der Waals surface area contributed by atoms with Gasteiger partial charge in [0, 0.05) is 36.1 Å². The third-order valence-corrected chi connectivity index (χ3v) is 6.13. The van der Waals surface area contributed by atoms with Crippen LogP contribution >= 0.6 is 0 Å². The molecule has 0 amide bonds. The maximum absolute atomic E-state index is 14.0. The van der Waals surface area contributed by atoms with Gasteiger partial charge in [-0.25, -0.2) is 4.39 Å². The topological polar surface area (TPSA) is 91.6 Å². The fourth-order valence-corrected chi connectivity index (χ4v) is 4.22. The van der Waals surface area contributed by atoms with Crippen molar-refractivity contribution in [1.29, 1.82) is 5.26 Å².